The first-order valence-corrected chi connectivity index (χ1v) is 13.8. The van der Waals surface area contributed by atoms with Crippen LogP contribution >= 0.6 is 34.8 Å². The molecular weight excluding hydrogens is 465 g/mol. The summed E-state index contributed by atoms with van der Waals surface area (Å²) in [6.45, 7) is 11.5. The van der Waals surface area contributed by atoms with E-state index >= 15 is 0 Å². The molecule has 3 atom stereocenters. The van der Waals surface area contributed by atoms with Crippen LogP contribution in [0.5, 0.6) is 0 Å². The fraction of sp³-hybridized carbons (Fsp3) is 0.571. The summed E-state index contributed by atoms with van der Waals surface area (Å²) in [4.78, 5) is 12.2. The minimum absolute atomic E-state index is 0.0387. The van der Waals surface area contributed by atoms with Crippen LogP contribution in [-0.2, 0) is 25.3 Å². The Morgan fingerprint density at radius 1 is 1.13 bits per heavy atom. The lowest BCUT2D eigenvalue weighted by atomic mass is 10.1. The van der Waals surface area contributed by atoms with Crippen molar-refractivity contribution in [3.05, 3.63) is 48.0 Å². The van der Waals surface area contributed by atoms with Gasteiger partial charge in [-0.2, -0.15) is 0 Å². The summed E-state index contributed by atoms with van der Waals surface area (Å²) in [6, 6.07) is 9.31. The van der Waals surface area contributed by atoms with Crippen molar-refractivity contribution in [2.75, 3.05) is 6.61 Å². The second kappa shape index (κ2) is 10.3. The van der Waals surface area contributed by atoms with Crippen LogP contribution in [0, 0.1) is 0 Å². The van der Waals surface area contributed by atoms with Crippen LogP contribution in [0.1, 0.15) is 26.3 Å². The van der Waals surface area contributed by atoms with Gasteiger partial charge in [-0.1, -0.05) is 92.0 Å². The number of carbonyl (C=O) groups excluding carboxylic acids is 1. The van der Waals surface area contributed by atoms with E-state index in [1.807, 2.05) is 30.3 Å². The Morgan fingerprint density at radius 3 is 2.33 bits per heavy atom. The summed E-state index contributed by atoms with van der Waals surface area (Å²) < 4.78 is 16.2. The molecule has 2 rings (SSSR count). The quantitative estimate of drug-likeness (QED) is 0.315. The van der Waals surface area contributed by atoms with Gasteiger partial charge >= 0.3 is 0 Å². The molecule has 168 valence electrons. The summed E-state index contributed by atoms with van der Waals surface area (Å²) in [5.74, 6) is -0.716. The Balaban J connectivity index is 2.08. The number of amides is 1. The van der Waals surface area contributed by atoms with Crippen molar-refractivity contribution in [2.24, 2.45) is 0 Å². The number of halogens is 3. The highest BCUT2D eigenvalue weighted by atomic mass is 35.6. The standard InChI is InChI=1S/C21H30Cl3NO4Si/c1-20(2,3)30(4,5)28-14-17-16(25-19(26)21(22,23)24)11-12-18(29-17)27-13-15-9-7-6-8-10-15/h6-12,16-18H,13-14H2,1-5H3,(H,25,26)/t16-,17-,18+/m1/s1. The third kappa shape index (κ3) is 7.52. The van der Waals surface area contributed by atoms with Crippen molar-refractivity contribution in [2.45, 2.75) is 67.7 Å². The minimum atomic E-state index is -2.06. The van der Waals surface area contributed by atoms with Gasteiger partial charge < -0.3 is 19.2 Å². The molecule has 0 fully saturated rings. The van der Waals surface area contributed by atoms with Crippen molar-refractivity contribution in [3.63, 3.8) is 0 Å². The van der Waals surface area contributed by atoms with E-state index in [2.05, 4.69) is 39.2 Å². The van der Waals surface area contributed by atoms with Gasteiger partial charge in [0.1, 0.15) is 6.10 Å². The third-order valence-electron chi connectivity index (χ3n) is 5.41. The van der Waals surface area contributed by atoms with Crippen LogP contribution in [0.15, 0.2) is 42.5 Å². The first-order chi connectivity index (χ1) is 13.8. The van der Waals surface area contributed by atoms with Gasteiger partial charge in [0.05, 0.1) is 19.3 Å². The molecule has 1 aliphatic heterocycles. The molecule has 5 nitrogen and oxygen atoms in total. The highest BCUT2D eigenvalue weighted by Crippen LogP contribution is 2.37. The fourth-order valence-electron chi connectivity index (χ4n) is 2.51. The van der Waals surface area contributed by atoms with Gasteiger partial charge in [-0.05, 0) is 29.8 Å². The molecule has 0 aromatic heterocycles. The molecule has 1 amide bonds. The van der Waals surface area contributed by atoms with Gasteiger partial charge in [0, 0.05) is 0 Å². The fourth-order valence-corrected chi connectivity index (χ4v) is 3.69. The average molecular weight is 495 g/mol. The highest BCUT2D eigenvalue weighted by molar-refractivity contribution is 6.76. The number of nitrogens with one attached hydrogen (secondary N) is 1. The van der Waals surface area contributed by atoms with E-state index in [1.165, 1.54) is 0 Å². The Bertz CT molecular complexity index is 732. The zero-order valence-corrected chi connectivity index (χ0v) is 21.2. The SMILES string of the molecule is CC(C)(C)[Si](C)(C)OC[C@H]1O[C@H](OCc2ccccc2)C=C[C@H]1NC(=O)C(Cl)(Cl)Cl. The van der Waals surface area contributed by atoms with E-state index in [4.69, 9.17) is 48.7 Å². The van der Waals surface area contributed by atoms with Crippen LogP contribution in [0.4, 0.5) is 0 Å². The lowest BCUT2D eigenvalue weighted by Crippen LogP contribution is -2.53. The molecule has 1 heterocycles. The first kappa shape index (κ1) is 25.7. The van der Waals surface area contributed by atoms with Crippen molar-refractivity contribution in [3.8, 4) is 0 Å². The van der Waals surface area contributed by atoms with E-state index in [0.29, 0.717) is 6.61 Å². The number of rotatable bonds is 7. The van der Waals surface area contributed by atoms with E-state index < -0.39 is 36.5 Å². The number of ether oxygens (including phenoxy) is 2. The molecule has 0 unspecified atom stereocenters. The molecule has 0 aliphatic carbocycles. The number of alkyl halides is 3. The molecule has 0 saturated heterocycles. The molecule has 1 aromatic rings. The zero-order chi connectivity index (χ0) is 22.6. The maximum atomic E-state index is 12.2. The van der Waals surface area contributed by atoms with Crippen molar-refractivity contribution in [1.29, 1.82) is 0 Å². The second-order valence-electron chi connectivity index (χ2n) is 8.79. The van der Waals surface area contributed by atoms with Gasteiger partial charge in [0.2, 0.25) is 0 Å². The van der Waals surface area contributed by atoms with E-state index in [-0.39, 0.29) is 11.6 Å². The minimum Gasteiger partial charge on any atom is -0.414 e. The van der Waals surface area contributed by atoms with E-state index in [9.17, 15) is 4.79 Å². The van der Waals surface area contributed by atoms with Gasteiger partial charge in [-0.25, -0.2) is 0 Å². The first-order valence-electron chi connectivity index (χ1n) is 9.80. The number of benzene rings is 1. The van der Waals surface area contributed by atoms with Crippen LogP contribution in [0.25, 0.3) is 0 Å². The van der Waals surface area contributed by atoms with E-state index in [0.717, 1.165) is 5.56 Å². The molecule has 9 heteroatoms. The molecule has 0 radical (unpaired) electrons. The Labute approximate surface area is 195 Å². The normalized spacial score (nSPS) is 22.7. The predicted octanol–water partition coefficient (Wildman–Crippen LogP) is 5.36. The Kier molecular flexibility index (Phi) is 8.84. The highest BCUT2D eigenvalue weighted by Gasteiger charge is 2.40. The third-order valence-corrected chi connectivity index (χ3v) is 10.4. The van der Waals surface area contributed by atoms with Crippen LogP contribution in [0.3, 0.4) is 0 Å². The molecule has 1 N–H and O–H groups in total. The van der Waals surface area contributed by atoms with Gasteiger partial charge in [-0.15, -0.1) is 0 Å². The monoisotopic (exact) mass is 493 g/mol. The van der Waals surface area contributed by atoms with Crippen molar-refractivity contribution < 1.29 is 18.7 Å². The molecule has 30 heavy (non-hydrogen) atoms. The summed E-state index contributed by atoms with van der Waals surface area (Å²) in [5.41, 5.74) is 1.04. The molecular formula is C21H30Cl3NO4Si. The molecule has 0 saturated carbocycles. The number of carbonyl (C=O) groups is 1. The van der Waals surface area contributed by atoms with Crippen molar-refractivity contribution >= 4 is 49.0 Å². The smallest absolute Gasteiger partial charge is 0.272 e. The van der Waals surface area contributed by atoms with Crippen LogP contribution in [-0.4, -0.2) is 43.1 Å². The van der Waals surface area contributed by atoms with Crippen molar-refractivity contribution in [1.82, 2.24) is 5.32 Å². The van der Waals surface area contributed by atoms with Gasteiger partial charge in [0.15, 0.2) is 14.6 Å². The molecule has 0 bridgehead atoms. The molecule has 1 aliphatic rings. The maximum Gasteiger partial charge on any atom is 0.272 e. The van der Waals surface area contributed by atoms with Crippen LogP contribution < -0.4 is 5.32 Å². The average Bonchev–Trinajstić information content (AvgIpc) is 2.65. The summed E-state index contributed by atoms with van der Waals surface area (Å²) in [7, 11) is -2.02. The topological polar surface area (TPSA) is 56.8 Å². The lowest BCUT2D eigenvalue weighted by Gasteiger charge is -2.39. The Hall–Kier alpha value is -0.603. The Morgan fingerprint density at radius 2 is 1.77 bits per heavy atom. The number of hydrogen-bond donors (Lipinski definition) is 1. The van der Waals surface area contributed by atoms with E-state index in [1.54, 1.807) is 12.2 Å². The van der Waals surface area contributed by atoms with Gasteiger partial charge in [0.25, 0.3) is 9.70 Å². The maximum absolute atomic E-state index is 12.2. The molecule has 1 aromatic carbocycles. The number of hydrogen-bond acceptors (Lipinski definition) is 4. The lowest BCUT2D eigenvalue weighted by molar-refractivity contribution is -0.168. The molecule has 0 spiro atoms. The summed E-state index contributed by atoms with van der Waals surface area (Å²) in [6.07, 6.45) is 2.49. The summed E-state index contributed by atoms with van der Waals surface area (Å²) in [5, 5.41) is 2.75. The summed E-state index contributed by atoms with van der Waals surface area (Å²) >= 11 is 17.1. The predicted molar refractivity (Wildman–Crippen MR) is 124 cm³/mol. The zero-order valence-electron chi connectivity index (χ0n) is 18.0. The van der Waals surface area contributed by atoms with Gasteiger partial charge in [-0.3, -0.25) is 4.79 Å². The van der Waals surface area contributed by atoms with Crippen LogP contribution in [0.2, 0.25) is 18.1 Å². The second-order valence-corrected chi connectivity index (χ2v) is 15.9. The largest absolute Gasteiger partial charge is 0.414 e.